The number of nitro groups is 3. The van der Waals surface area contributed by atoms with Crippen molar-refractivity contribution in [2.75, 3.05) is 13.6 Å². The minimum atomic E-state index is -0.500. The van der Waals surface area contributed by atoms with Crippen LogP contribution in [0.4, 0.5) is 0 Å². The Morgan fingerprint density at radius 3 is 1.20 bits per heavy atom. The summed E-state index contributed by atoms with van der Waals surface area (Å²) >= 11 is 0. The largest absolute Gasteiger partial charge is 0.265 e. The van der Waals surface area contributed by atoms with Crippen molar-refractivity contribution in [3.63, 3.8) is 0 Å². The molecule has 0 heterocycles. The van der Waals surface area contributed by atoms with Gasteiger partial charge in [-0.3, -0.25) is 30.3 Å². The second-order valence-electron chi connectivity index (χ2n) is 2.47. The molecule has 90 valence electrons. The summed E-state index contributed by atoms with van der Waals surface area (Å²) in [5.74, 6) is 0. The predicted octanol–water partition coefficient (Wildman–Crippen LogP) is 0.847. The number of hydrogen-bond donors (Lipinski definition) is 0. The van der Waals surface area contributed by atoms with Gasteiger partial charge in [-0.25, -0.2) is 0 Å². The van der Waals surface area contributed by atoms with E-state index in [9.17, 15) is 20.2 Å². The second kappa shape index (κ2) is 12.2. The van der Waals surface area contributed by atoms with Gasteiger partial charge in [0.25, 0.3) is 0 Å². The summed E-state index contributed by atoms with van der Waals surface area (Å²) < 4.78 is 0. The lowest BCUT2D eigenvalue weighted by molar-refractivity contribution is -0.513. The van der Waals surface area contributed by atoms with E-state index in [4.69, 9.17) is 10.1 Å². The Morgan fingerprint density at radius 1 is 1.07 bits per heavy atom. The molecule has 15 heavy (non-hydrogen) atoms. The van der Waals surface area contributed by atoms with Gasteiger partial charge in [0, 0.05) is 35.5 Å². The van der Waals surface area contributed by atoms with Crippen LogP contribution in [0.1, 0.15) is 20.8 Å². The average Bonchev–Trinajstić information content (AvgIpc) is 2.04. The highest BCUT2D eigenvalue weighted by atomic mass is 16.6. The van der Waals surface area contributed by atoms with Crippen LogP contribution in [-0.2, 0) is 0 Å². The number of nitrogens with zero attached hydrogens (tertiary/aromatic N) is 3. The third-order valence-electron chi connectivity index (χ3n) is 0.680. The molecule has 0 atom stereocenters. The van der Waals surface area contributed by atoms with Gasteiger partial charge in [0.1, 0.15) is 0 Å². The molecular weight excluding hydrogens is 210 g/mol. The quantitative estimate of drug-likeness (QED) is 0.505. The Balaban J connectivity index is -0.000000147. The molecule has 0 aromatic carbocycles. The molecule has 0 radical (unpaired) electrons. The predicted molar refractivity (Wildman–Crippen MR) is 52.6 cm³/mol. The standard InChI is InChI=1S/C3H7NO2.C2H5NO2.CH3NO2/c1-3(2)4(5)6;1-2-3(4)5;1-2(3)4/h3H,1-2H3;2H2,1H3;1H3. The molecule has 0 amide bonds. The van der Waals surface area contributed by atoms with Crippen molar-refractivity contribution in [3.8, 4) is 0 Å². The van der Waals surface area contributed by atoms with Crippen molar-refractivity contribution in [1.29, 1.82) is 0 Å². The molecule has 0 aromatic rings. The molecule has 0 aliphatic rings. The van der Waals surface area contributed by atoms with Gasteiger partial charge in [-0.15, -0.1) is 0 Å². The zero-order valence-electron chi connectivity index (χ0n) is 9.08. The lowest BCUT2D eigenvalue weighted by atomic mass is 10.4. The van der Waals surface area contributed by atoms with Gasteiger partial charge in [0.15, 0.2) is 7.05 Å². The number of rotatable bonds is 2. The zero-order valence-corrected chi connectivity index (χ0v) is 9.08. The van der Waals surface area contributed by atoms with Gasteiger partial charge in [-0.1, -0.05) is 0 Å². The zero-order chi connectivity index (χ0) is 13.0. The van der Waals surface area contributed by atoms with E-state index in [-0.39, 0.29) is 16.4 Å². The van der Waals surface area contributed by atoms with E-state index in [0.29, 0.717) is 0 Å². The molecule has 0 fully saturated rings. The molecule has 0 bridgehead atoms. The molecule has 0 N–H and O–H groups in total. The maximum Gasteiger partial charge on any atom is 0.207 e. The molecule has 0 unspecified atom stereocenters. The molecule has 0 aromatic heterocycles. The highest BCUT2D eigenvalue weighted by Gasteiger charge is 1.99. The summed E-state index contributed by atoms with van der Waals surface area (Å²) in [6, 6.07) is -0.426. The van der Waals surface area contributed by atoms with Crippen molar-refractivity contribution in [2.45, 2.75) is 26.8 Å². The summed E-state index contributed by atoms with van der Waals surface area (Å²) in [6.07, 6.45) is 0. The maximum atomic E-state index is 9.50. The molecule has 0 rings (SSSR count). The summed E-state index contributed by atoms with van der Waals surface area (Å²) in [6.45, 7) is 4.61. The molecule has 9 nitrogen and oxygen atoms in total. The first kappa shape index (κ1) is 18.9. The van der Waals surface area contributed by atoms with Crippen molar-refractivity contribution in [3.05, 3.63) is 30.3 Å². The van der Waals surface area contributed by atoms with Gasteiger partial charge in [0.2, 0.25) is 12.6 Å². The molecule has 0 aliphatic heterocycles. The monoisotopic (exact) mass is 225 g/mol. The van der Waals surface area contributed by atoms with E-state index in [1.807, 2.05) is 0 Å². The summed E-state index contributed by atoms with van der Waals surface area (Å²) in [7, 11) is 0.889. The van der Waals surface area contributed by atoms with Gasteiger partial charge in [0.05, 0.1) is 0 Å². The van der Waals surface area contributed by atoms with Crippen LogP contribution in [0.15, 0.2) is 0 Å². The van der Waals surface area contributed by atoms with Crippen LogP contribution < -0.4 is 0 Å². The Hall–Kier alpha value is -1.80. The van der Waals surface area contributed by atoms with Crippen LogP contribution >= 0.6 is 0 Å². The van der Waals surface area contributed by atoms with Crippen molar-refractivity contribution in [2.24, 2.45) is 0 Å². The highest BCUT2D eigenvalue weighted by Crippen LogP contribution is 1.79. The lowest BCUT2D eigenvalue weighted by Crippen LogP contribution is -2.08. The van der Waals surface area contributed by atoms with E-state index in [1.165, 1.54) is 6.92 Å². The van der Waals surface area contributed by atoms with E-state index < -0.39 is 11.0 Å². The fraction of sp³-hybridized carbons (Fsp3) is 1.00. The topological polar surface area (TPSA) is 129 Å². The fourth-order valence-corrected chi connectivity index (χ4v) is 0. The van der Waals surface area contributed by atoms with Crippen molar-refractivity contribution >= 4 is 0 Å². The molecule has 0 saturated carbocycles. The van der Waals surface area contributed by atoms with Crippen LogP contribution in [-0.4, -0.2) is 34.4 Å². The smallest absolute Gasteiger partial charge is 0.207 e. The first-order chi connectivity index (χ1) is 6.64. The summed E-state index contributed by atoms with van der Waals surface area (Å²) in [5, 5.41) is 27.5. The molecular formula is C6H15N3O6. The molecule has 0 saturated heterocycles. The first-order valence-corrected chi connectivity index (χ1v) is 3.98. The normalized spacial score (nSPS) is 7.80. The van der Waals surface area contributed by atoms with E-state index >= 15 is 0 Å². The van der Waals surface area contributed by atoms with Crippen LogP contribution in [0.2, 0.25) is 0 Å². The Labute approximate surface area is 86.5 Å². The van der Waals surface area contributed by atoms with Crippen LogP contribution in [0.5, 0.6) is 0 Å². The summed E-state index contributed by atoms with van der Waals surface area (Å²) in [4.78, 5) is 26.3. The molecule has 9 heteroatoms. The van der Waals surface area contributed by atoms with Gasteiger partial charge < -0.3 is 0 Å². The van der Waals surface area contributed by atoms with E-state index in [1.54, 1.807) is 13.8 Å². The van der Waals surface area contributed by atoms with Gasteiger partial charge in [-0.05, 0) is 0 Å². The SMILES string of the molecule is CC(C)[N+](=O)[O-].CC[N+](=O)[O-].C[N+](=O)[O-]. The number of hydrogen-bond acceptors (Lipinski definition) is 6. The highest BCUT2D eigenvalue weighted by molar-refractivity contribution is 4.28. The van der Waals surface area contributed by atoms with Gasteiger partial charge >= 0.3 is 0 Å². The third-order valence-corrected chi connectivity index (χ3v) is 0.680. The van der Waals surface area contributed by atoms with Crippen molar-refractivity contribution in [1.82, 2.24) is 0 Å². The molecule has 0 spiro atoms. The Morgan fingerprint density at radius 2 is 1.20 bits per heavy atom. The lowest BCUT2D eigenvalue weighted by Gasteiger charge is -1.88. The van der Waals surface area contributed by atoms with E-state index in [2.05, 4.69) is 0 Å². The Bertz CT molecular complexity index is 201. The summed E-state index contributed by atoms with van der Waals surface area (Å²) in [5.41, 5.74) is 0. The van der Waals surface area contributed by atoms with Crippen LogP contribution in [0.3, 0.4) is 0 Å². The minimum absolute atomic E-state index is 0.0278. The first-order valence-electron chi connectivity index (χ1n) is 3.98. The van der Waals surface area contributed by atoms with Crippen molar-refractivity contribution < 1.29 is 14.8 Å². The fourth-order valence-electron chi connectivity index (χ4n) is 0. The Kier molecular flexibility index (Phi) is 15.4. The van der Waals surface area contributed by atoms with Crippen LogP contribution in [0, 0.1) is 30.3 Å². The van der Waals surface area contributed by atoms with Crippen LogP contribution in [0.25, 0.3) is 0 Å². The van der Waals surface area contributed by atoms with E-state index in [0.717, 1.165) is 7.05 Å². The molecule has 0 aliphatic carbocycles. The maximum absolute atomic E-state index is 9.50. The second-order valence-corrected chi connectivity index (χ2v) is 2.47. The average molecular weight is 225 g/mol. The third kappa shape index (κ3) is 72.0. The minimum Gasteiger partial charge on any atom is -0.265 e. The van der Waals surface area contributed by atoms with Gasteiger partial charge in [-0.2, -0.15) is 0 Å².